The second-order valence-electron chi connectivity index (χ2n) is 4.36. The van der Waals surface area contributed by atoms with Gasteiger partial charge in [0.25, 0.3) is 0 Å². The van der Waals surface area contributed by atoms with E-state index in [0.717, 1.165) is 5.92 Å². The Balaban J connectivity index is 2.04. The fourth-order valence-electron chi connectivity index (χ4n) is 2.70. The molecule has 0 aromatic carbocycles. The number of nitrogens with zero attached hydrogens (tertiary/aromatic N) is 1. The van der Waals surface area contributed by atoms with Crippen LogP contribution in [-0.2, 0) is 0 Å². The molecule has 0 aromatic rings. The predicted molar refractivity (Wildman–Crippen MR) is 56.5 cm³/mol. The van der Waals surface area contributed by atoms with Crippen LogP contribution in [0.3, 0.4) is 0 Å². The highest BCUT2D eigenvalue weighted by atomic mass is 15.2. The van der Waals surface area contributed by atoms with Crippen molar-refractivity contribution in [3.63, 3.8) is 0 Å². The quantitative estimate of drug-likeness (QED) is 0.629. The normalized spacial score (nSPS) is 29.2. The standard InChI is InChI=1S/C12H21N/c1-2-11-7-3-4-8-12(11)13-9-5-6-10-13/h8,11H,2-7,9-10H2,1H3. The Hall–Kier alpha value is -0.460. The summed E-state index contributed by atoms with van der Waals surface area (Å²) in [4.78, 5) is 2.63. The fraction of sp³-hybridized carbons (Fsp3) is 0.833. The highest BCUT2D eigenvalue weighted by Gasteiger charge is 2.22. The van der Waals surface area contributed by atoms with E-state index < -0.39 is 0 Å². The molecule has 0 spiro atoms. The van der Waals surface area contributed by atoms with Gasteiger partial charge in [0.1, 0.15) is 0 Å². The van der Waals surface area contributed by atoms with Gasteiger partial charge >= 0.3 is 0 Å². The molecule has 0 N–H and O–H groups in total. The Morgan fingerprint density at radius 3 is 2.77 bits per heavy atom. The Bertz CT molecular complexity index is 189. The fourth-order valence-corrected chi connectivity index (χ4v) is 2.70. The Kier molecular flexibility index (Phi) is 2.92. The molecule has 1 heterocycles. The molecule has 1 atom stereocenters. The van der Waals surface area contributed by atoms with Gasteiger partial charge in [-0.3, -0.25) is 0 Å². The first-order chi connectivity index (χ1) is 6.42. The average molecular weight is 179 g/mol. The van der Waals surface area contributed by atoms with Crippen molar-refractivity contribution in [1.29, 1.82) is 0 Å². The van der Waals surface area contributed by atoms with Crippen molar-refractivity contribution in [2.24, 2.45) is 5.92 Å². The van der Waals surface area contributed by atoms with Crippen LogP contribution in [0.25, 0.3) is 0 Å². The Morgan fingerprint density at radius 2 is 2.08 bits per heavy atom. The van der Waals surface area contributed by atoms with Crippen molar-refractivity contribution in [2.45, 2.75) is 45.4 Å². The molecular weight excluding hydrogens is 158 g/mol. The molecular formula is C12H21N. The summed E-state index contributed by atoms with van der Waals surface area (Å²) in [6, 6.07) is 0. The summed E-state index contributed by atoms with van der Waals surface area (Å²) in [6.45, 7) is 4.98. The van der Waals surface area contributed by atoms with Crippen molar-refractivity contribution < 1.29 is 0 Å². The maximum atomic E-state index is 2.63. The summed E-state index contributed by atoms with van der Waals surface area (Å²) in [5, 5.41) is 0. The van der Waals surface area contributed by atoms with Crippen molar-refractivity contribution in [3.8, 4) is 0 Å². The van der Waals surface area contributed by atoms with E-state index in [2.05, 4.69) is 17.9 Å². The summed E-state index contributed by atoms with van der Waals surface area (Å²) < 4.78 is 0. The maximum Gasteiger partial charge on any atom is 0.0175 e. The molecule has 0 radical (unpaired) electrons. The zero-order chi connectivity index (χ0) is 9.10. The molecule has 1 aliphatic carbocycles. The number of likely N-dealkylation sites (tertiary alicyclic amines) is 1. The second-order valence-corrected chi connectivity index (χ2v) is 4.36. The topological polar surface area (TPSA) is 3.24 Å². The summed E-state index contributed by atoms with van der Waals surface area (Å²) in [6.07, 6.45) is 10.8. The van der Waals surface area contributed by atoms with E-state index in [9.17, 15) is 0 Å². The van der Waals surface area contributed by atoms with Crippen molar-refractivity contribution in [1.82, 2.24) is 4.90 Å². The Morgan fingerprint density at radius 1 is 1.31 bits per heavy atom. The van der Waals surface area contributed by atoms with Gasteiger partial charge in [-0.1, -0.05) is 13.0 Å². The first-order valence-electron chi connectivity index (χ1n) is 5.87. The lowest BCUT2D eigenvalue weighted by molar-refractivity contribution is 0.326. The molecule has 2 aliphatic rings. The first kappa shape index (κ1) is 9.11. The Labute approximate surface area is 81.8 Å². The molecule has 0 bridgehead atoms. The van der Waals surface area contributed by atoms with Gasteiger partial charge in [-0.25, -0.2) is 0 Å². The second kappa shape index (κ2) is 4.17. The van der Waals surface area contributed by atoms with Crippen LogP contribution in [0, 0.1) is 5.92 Å². The third-order valence-electron chi connectivity index (χ3n) is 3.49. The number of hydrogen-bond acceptors (Lipinski definition) is 1. The molecule has 1 nitrogen and oxygen atoms in total. The highest BCUT2D eigenvalue weighted by molar-refractivity contribution is 5.09. The first-order valence-corrected chi connectivity index (χ1v) is 5.87. The van der Waals surface area contributed by atoms with E-state index in [1.807, 2.05) is 0 Å². The third-order valence-corrected chi connectivity index (χ3v) is 3.49. The molecule has 1 unspecified atom stereocenters. The van der Waals surface area contributed by atoms with Gasteiger partial charge in [0, 0.05) is 18.8 Å². The molecule has 0 aromatic heterocycles. The largest absolute Gasteiger partial charge is 0.375 e. The van der Waals surface area contributed by atoms with E-state index in [4.69, 9.17) is 0 Å². The van der Waals surface area contributed by atoms with Gasteiger partial charge in [-0.2, -0.15) is 0 Å². The molecule has 0 saturated carbocycles. The maximum absolute atomic E-state index is 2.63. The van der Waals surface area contributed by atoms with Gasteiger partial charge < -0.3 is 4.90 Å². The van der Waals surface area contributed by atoms with E-state index in [-0.39, 0.29) is 0 Å². The zero-order valence-corrected chi connectivity index (χ0v) is 8.76. The molecule has 1 heteroatoms. The average Bonchev–Trinajstić information content (AvgIpc) is 2.70. The van der Waals surface area contributed by atoms with Gasteiger partial charge in [0.05, 0.1) is 0 Å². The minimum Gasteiger partial charge on any atom is -0.375 e. The van der Waals surface area contributed by atoms with E-state index in [1.54, 1.807) is 5.70 Å². The van der Waals surface area contributed by atoms with Crippen LogP contribution in [0.2, 0.25) is 0 Å². The summed E-state index contributed by atoms with van der Waals surface area (Å²) in [5.41, 5.74) is 1.69. The van der Waals surface area contributed by atoms with Crippen molar-refractivity contribution >= 4 is 0 Å². The molecule has 2 rings (SSSR count). The molecule has 13 heavy (non-hydrogen) atoms. The highest BCUT2D eigenvalue weighted by Crippen LogP contribution is 2.31. The van der Waals surface area contributed by atoms with Crippen LogP contribution in [0.15, 0.2) is 11.8 Å². The van der Waals surface area contributed by atoms with Crippen LogP contribution in [0.1, 0.15) is 45.4 Å². The lowest BCUT2D eigenvalue weighted by Crippen LogP contribution is -2.25. The number of allylic oxidation sites excluding steroid dienone is 2. The van der Waals surface area contributed by atoms with E-state index >= 15 is 0 Å². The van der Waals surface area contributed by atoms with Crippen LogP contribution in [0.4, 0.5) is 0 Å². The number of hydrogen-bond donors (Lipinski definition) is 0. The molecule has 1 saturated heterocycles. The molecule has 1 aliphatic heterocycles. The van der Waals surface area contributed by atoms with Crippen LogP contribution in [0.5, 0.6) is 0 Å². The van der Waals surface area contributed by atoms with E-state index in [0.29, 0.717) is 0 Å². The van der Waals surface area contributed by atoms with Gasteiger partial charge in [-0.05, 0) is 44.4 Å². The minimum atomic E-state index is 0.881. The molecule has 1 fully saturated rings. The summed E-state index contributed by atoms with van der Waals surface area (Å²) in [5.74, 6) is 0.881. The smallest absolute Gasteiger partial charge is 0.0175 e. The summed E-state index contributed by atoms with van der Waals surface area (Å²) >= 11 is 0. The third kappa shape index (κ3) is 1.90. The molecule has 74 valence electrons. The van der Waals surface area contributed by atoms with E-state index in [1.165, 1.54) is 51.6 Å². The minimum absolute atomic E-state index is 0.881. The van der Waals surface area contributed by atoms with Crippen LogP contribution >= 0.6 is 0 Å². The monoisotopic (exact) mass is 179 g/mol. The van der Waals surface area contributed by atoms with Crippen LogP contribution < -0.4 is 0 Å². The van der Waals surface area contributed by atoms with Gasteiger partial charge in [-0.15, -0.1) is 0 Å². The summed E-state index contributed by atoms with van der Waals surface area (Å²) in [7, 11) is 0. The lowest BCUT2D eigenvalue weighted by Gasteiger charge is -2.31. The van der Waals surface area contributed by atoms with Crippen molar-refractivity contribution in [3.05, 3.63) is 11.8 Å². The number of rotatable bonds is 2. The van der Waals surface area contributed by atoms with Gasteiger partial charge in [0.2, 0.25) is 0 Å². The lowest BCUT2D eigenvalue weighted by atomic mass is 9.89. The predicted octanol–water partition coefficient (Wildman–Crippen LogP) is 3.18. The van der Waals surface area contributed by atoms with Gasteiger partial charge in [0.15, 0.2) is 0 Å². The van der Waals surface area contributed by atoms with Crippen LogP contribution in [-0.4, -0.2) is 18.0 Å². The SMILES string of the molecule is CCC1CCCC=C1N1CCCC1. The van der Waals surface area contributed by atoms with Crippen molar-refractivity contribution in [2.75, 3.05) is 13.1 Å². The zero-order valence-electron chi connectivity index (χ0n) is 8.76. The molecule has 0 amide bonds.